The third-order valence-corrected chi connectivity index (χ3v) is 1.98. The lowest BCUT2D eigenvalue weighted by Crippen LogP contribution is -2.13. The molecule has 1 aromatic rings. The molecule has 5 heteroatoms. The first-order chi connectivity index (χ1) is 6.93. The van der Waals surface area contributed by atoms with Crippen molar-refractivity contribution in [3.8, 4) is 0 Å². The average Bonchev–Trinajstić information content (AvgIpc) is 2.16. The maximum absolute atomic E-state index is 10.8. The molecule has 0 heterocycles. The van der Waals surface area contributed by atoms with E-state index in [9.17, 15) is 9.59 Å². The molecule has 0 atom stereocenters. The molecule has 0 bridgehead atoms. The van der Waals surface area contributed by atoms with Gasteiger partial charge in [-0.3, -0.25) is 0 Å². The average molecular weight is 209 g/mol. The molecule has 0 aliphatic rings. The van der Waals surface area contributed by atoms with Crippen LogP contribution in [0.15, 0.2) is 18.2 Å². The van der Waals surface area contributed by atoms with Crippen LogP contribution in [0.1, 0.15) is 20.7 Å². The Balaban J connectivity index is 3.33. The van der Waals surface area contributed by atoms with Gasteiger partial charge in [-0.1, -0.05) is 0 Å². The van der Waals surface area contributed by atoms with E-state index in [0.717, 1.165) is 0 Å². The normalized spacial score (nSPS) is 9.73. The molecule has 0 aromatic heterocycles. The van der Waals surface area contributed by atoms with Crippen molar-refractivity contribution in [1.29, 1.82) is 0 Å². The van der Waals surface area contributed by atoms with Crippen molar-refractivity contribution in [1.82, 2.24) is 0 Å². The Hall–Kier alpha value is -2.04. The maximum atomic E-state index is 10.8. The summed E-state index contributed by atoms with van der Waals surface area (Å²) in [5, 5.41) is 17.6. The van der Waals surface area contributed by atoms with E-state index in [1.807, 2.05) is 0 Å². The maximum Gasteiger partial charge on any atom is 0.336 e. The number of carbonyl (C=O) groups is 2. The number of nitrogens with zero attached hydrogens (tertiary/aromatic N) is 1. The predicted octanol–water partition coefficient (Wildman–Crippen LogP) is 1.15. The van der Waals surface area contributed by atoms with Crippen molar-refractivity contribution in [2.75, 3.05) is 19.0 Å². The highest BCUT2D eigenvalue weighted by Crippen LogP contribution is 2.18. The summed E-state index contributed by atoms with van der Waals surface area (Å²) in [5.41, 5.74) is 0.249. The Morgan fingerprint density at radius 1 is 1.07 bits per heavy atom. The standard InChI is InChI=1S/C10H11NO4/c1-11(2)6-3-4-7(9(12)13)8(5-6)10(14)15/h3-5H,1-2H3,(H,12,13)(H,14,15). The summed E-state index contributed by atoms with van der Waals surface area (Å²) in [7, 11) is 3.50. The summed E-state index contributed by atoms with van der Waals surface area (Å²) in [5.74, 6) is -2.48. The fourth-order valence-corrected chi connectivity index (χ4v) is 1.17. The number of anilines is 1. The van der Waals surface area contributed by atoms with E-state index in [2.05, 4.69) is 0 Å². The van der Waals surface area contributed by atoms with Gasteiger partial charge in [0.2, 0.25) is 0 Å². The van der Waals surface area contributed by atoms with E-state index in [1.165, 1.54) is 12.1 Å². The zero-order valence-corrected chi connectivity index (χ0v) is 8.39. The summed E-state index contributed by atoms with van der Waals surface area (Å²) in [6.45, 7) is 0. The first-order valence-corrected chi connectivity index (χ1v) is 4.21. The molecule has 0 unspecified atom stereocenters. The molecule has 0 spiro atoms. The lowest BCUT2D eigenvalue weighted by molar-refractivity contribution is 0.0651. The van der Waals surface area contributed by atoms with Gasteiger partial charge in [-0.05, 0) is 18.2 Å². The third-order valence-electron chi connectivity index (χ3n) is 1.98. The fourth-order valence-electron chi connectivity index (χ4n) is 1.17. The largest absolute Gasteiger partial charge is 0.478 e. The molecule has 2 N–H and O–H groups in total. The number of hydrogen-bond donors (Lipinski definition) is 2. The number of hydrogen-bond acceptors (Lipinski definition) is 3. The van der Waals surface area contributed by atoms with Crippen LogP contribution >= 0.6 is 0 Å². The summed E-state index contributed by atoms with van der Waals surface area (Å²) < 4.78 is 0. The van der Waals surface area contributed by atoms with Crippen LogP contribution in [0.3, 0.4) is 0 Å². The Labute approximate surface area is 86.6 Å². The minimum absolute atomic E-state index is 0.200. The number of rotatable bonds is 3. The predicted molar refractivity (Wildman–Crippen MR) is 54.7 cm³/mol. The van der Waals surface area contributed by atoms with Gasteiger partial charge in [-0.15, -0.1) is 0 Å². The molecule has 5 nitrogen and oxygen atoms in total. The van der Waals surface area contributed by atoms with Crippen molar-refractivity contribution in [3.63, 3.8) is 0 Å². The van der Waals surface area contributed by atoms with Gasteiger partial charge < -0.3 is 15.1 Å². The summed E-state index contributed by atoms with van der Waals surface area (Å²) in [6, 6.07) is 4.20. The molecular weight excluding hydrogens is 198 g/mol. The highest BCUT2D eigenvalue weighted by molar-refractivity contribution is 6.02. The molecule has 0 saturated heterocycles. The second kappa shape index (κ2) is 4.00. The van der Waals surface area contributed by atoms with Gasteiger partial charge in [-0.25, -0.2) is 9.59 Å². The molecule has 80 valence electrons. The van der Waals surface area contributed by atoms with Crippen LogP contribution in [0.4, 0.5) is 5.69 Å². The molecule has 0 aliphatic heterocycles. The van der Waals surface area contributed by atoms with Crippen molar-refractivity contribution < 1.29 is 19.8 Å². The topological polar surface area (TPSA) is 77.8 Å². The summed E-state index contributed by atoms with van der Waals surface area (Å²) >= 11 is 0. The first-order valence-electron chi connectivity index (χ1n) is 4.21. The van der Waals surface area contributed by atoms with Gasteiger partial charge in [0.05, 0.1) is 11.1 Å². The summed E-state index contributed by atoms with van der Waals surface area (Å²) in [4.78, 5) is 23.3. The Bertz CT molecular complexity index is 412. The molecule has 0 saturated carbocycles. The van der Waals surface area contributed by atoms with Crippen molar-refractivity contribution in [2.24, 2.45) is 0 Å². The molecule has 0 amide bonds. The minimum Gasteiger partial charge on any atom is -0.478 e. The van der Waals surface area contributed by atoms with E-state index >= 15 is 0 Å². The van der Waals surface area contributed by atoms with Crippen LogP contribution in [0, 0.1) is 0 Å². The molecule has 0 aliphatic carbocycles. The Morgan fingerprint density at radius 3 is 2.00 bits per heavy atom. The van der Waals surface area contributed by atoms with Crippen LogP contribution in [-0.2, 0) is 0 Å². The van der Waals surface area contributed by atoms with Gasteiger partial charge in [-0.2, -0.15) is 0 Å². The van der Waals surface area contributed by atoms with Gasteiger partial charge in [0, 0.05) is 19.8 Å². The van der Waals surface area contributed by atoms with Crippen molar-refractivity contribution in [3.05, 3.63) is 29.3 Å². The second-order valence-corrected chi connectivity index (χ2v) is 3.23. The lowest BCUT2D eigenvalue weighted by Gasteiger charge is -2.13. The van der Waals surface area contributed by atoms with Crippen molar-refractivity contribution in [2.45, 2.75) is 0 Å². The Kier molecular flexibility index (Phi) is 2.94. The SMILES string of the molecule is CN(C)c1ccc(C(=O)O)c(C(=O)O)c1. The van der Waals surface area contributed by atoms with Gasteiger partial charge in [0.15, 0.2) is 0 Å². The van der Waals surface area contributed by atoms with E-state index < -0.39 is 11.9 Å². The van der Waals surface area contributed by atoms with Crippen LogP contribution in [0.5, 0.6) is 0 Å². The smallest absolute Gasteiger partial charge is 0.336 e. The van der Waals surface area contributed by atoms with Crippen LogP contribution in [0.2, 0.25) is 0 Å². The molecule has 1 aromatic carbocycles. The van der Waals surface area contributed by atoms with Gasteiger partial charge >= 0.3 is 11.9 Å². The molecule has 0 radical (unpaired) electrons. The van der Waals surface area contributed by atoms with Gasteiger partial charge in [0.1, 0.15) is 0 Å². The number of carboxylic acids is 2. The quantitative estimate of drug-likeness (QED) is 0.780. The monoisotopic (exact) mass is 209 g/mol. The molecule has 1 rings (SSSR count). The number of carboxylic acid groups (broad SMARTS) is 2. The zero-order valence-electron chi connectivity index (χ0n) is 8.39. The third kappa shape index (κ3) is 2.25. The van der Waals surface area contributed by atoms with Gasteiger partial charge in [0.25, 0.3) is 0 Å². The summed E-state index contributed by atoms with van der Waals surface area (Å²) in [6.07, 6.45) is 0. The van der Waals surface area contributed by atoms with Crippen molar-refractivity contribution >= 4 is 17.6 Å². The molecule has 0 fully saturated rings. The van der Waals surface area contributed by atoms with E-state index in [0.29, 0.717) is 5.69 Å². The number of aromatic carboxylic acids is 2. The highest BCUT2D eigenvalue weighted by Gasteiger charge is 2.16. The van der Waals surface area contributed by atoms with E-state index in [-0.39, 0.29) is 11.1 Å². The second-order valence-electron chi connectivity index (χ2n) is 3.23. The molecular formula is C10H11NO4. The first kappa shape index (κ1) is 11.0. The zero-order chi connectivity index (χ0) is 11.6. The van der Waals surface area contributed by atoms with Crippen LogP contribution < -0.4 is 4.90 Å². The van der Waals surface area contributed by atoms with Crippen LogP contribution in [-0.4, -0.2) is 36.2 Å². The minimum atomic E-state index is -1.24. The van der Waals surface area contributed by atoms with E-state index in [4.69, 9.17) is 10.2 Å². The number of benzene rings is 1. The van der Waals surface area contributed by atoms with Crippen LogP contribution in [0.25, 0.3) is 0 Å². The fraction of sp³-hybridized carbons (Fsp3) is 0.200. The Morgan fingerprint density at radius 2 is 1.60 bits per heavy atom. The highest BCUT2D eigenvalue weighted by atomic mass is 16.4. The van der Waals surface area contributed by atoms with E-state index in [1.54, 1.807) is 25.1 Å². The molecule has 15 heavy (non-hydrogen) atoms. The lowest BCUT2D eigenvalue weighted by atomic mass is 10.1.